The topological polar surface area (TPSA) is 0 Å². The molecule has 0 fully saturated rings. The summed E-state index contributed by atoms with van der Waals surface area (Å²) >= 11 is 2.29. The third-order valence-electron chi connectivity index (χ3n) is 3.91. The largest absolute Gasteiger partial charge is 0.155 e. The summed E-state index contributed by atoms with van der Waals surface area (Å²) in [6.45, 7) is 14.2. The Kier molecular flexibility index (Phi) is 10.5. The highest BCUT2D eigenvalue weighted by Crippen LogP contribution is 2.35. The first kappa shape index (κ1) is 17.4. The van der Waals surface area contributed by atoms with Crippen LogP contribution in [0.2, 0.25) is 0 Å². The standard InChI is InChI=1S/C16H34S/c1-7-11-13(5)15(9-3)17-16(10-4)14(6)12-8-2/h13-16H,7-12H2,1-6H3. The van der Waals surface area contributed by atoms with E-state index >= 15 is 0 Å². The van der Waals surface area contributed by atoms with Crippen LogP contribution in [-0.2, 0) is 0 Å². The maximum atomic E-state index is 2.45. The summed E-state index contributed by atoms with van der Waals surface area (Å²) in [5.74, 6) is 1.77. The Morgan fingerprint density at radius 1 is 0.706 bits per heavy atom. The van der Waals surface area contributed by atoms with Crippen LogP contribution in [0, 0.1) is 11.8 Å². The van der Waals surface area contributed by atoms with Crippen LogP contribution in [0.1, 0.15) is 80.1 Å². The molecular formula is C16H34S. The van der Waals surface area contributed by atoms with Gasteiger partial charge in [0.1, 0.15) is 0 Å². The molecule has 0 aliphatic carbocycles. The van der Waals surface area contributed by atoms with Gasteiger partial charge in [-0.25, -0.2) is 0 Å². The Balaban J connectivity index is 4.29. The molecule has 0 aromatic heterocycles. The molecule has 0 bridgehead atoms. The van der Waals surface area contributed by atoms with Gasteiger partial charge in [0.25, 0.3) is 0 Å². The van der Waals surface area contributed by atoms with Crippen LogP contribution in [0.4, 0.5) is 0 Å². The van der Waals surface area contributed by atoms with E-state index in [-0.39, 0.29) is 0 Å². The highest BCUT2D eigenvalue weighted by molar-refractivity contribution is 8.00. The summed E-state index contributed by atoms with van der Waals surface area (Å²) in [4.78, 5) is 0. The van der Waals surface area contributed by atoms with Gasteiger partial charge in [-0.15, -0.1) is 0 Å². The van der Waals surface area contributed by atoms with Crippen molar-refractivity contribution < 1.29 is 0 Å². The second kappa shape index (κ2) is 10.3. The second-order valence-corrected chi connectivity index (χ2v) is 7.04. The number of hydrogen-bond donors (Lipinski definition) is 0. The highest BCUT2D eigenvalue weighted by Gasteiger charge is 2.22. The van der Waals surface area contributed by atoms with Crippen molar-refractivity contribution in [2.24, 2.45) is 11.8 Å². The lowest BCUT2D eigenvalue weighted by atomic mass is 9.99. The summed E-state index contributed by atoms with van der Waals surface area (Å²) < 4.78 is 0. The van der Waals surface area contributed by atoms with Gasteiger partial charge < -0.3 is 0 Å². The molecule has 0 spiro atoms. The van der Waals surface area contributed by atoms with Gasteiger partial charge in [-0.1, -0.05) is 54.4 Å². The van der Waals surface area contributed by atoms with Crippen molar-refractivity contribution in [2.45, 2.75) is 90.6 Å². The molecular weight excluding hydrogens is 224 g/mol. The molecule has 0 nitrogen and oxygen atoms in total. The molecule has 4 unspecified atom stereocenters. The minimum absolute atomic E-state index is 0.874. The van der Waals surface area contributed by atoms with Gasteiger partial charge in [-0.05, 0) is 37.5 Å². The van der Waals surface area contributed by atoms with Gasteiger partial charge in [0, 0.05) is 10.5 Å². The lowest BCUT2D eigenvalue weighted by molar-refractivity contribution is 0.470. The van der Waals surface area contributed by atoms with Crippen molar-refractivity contribution in [1.29, 1.82) is 0 Å². The van der Waals surface area contributed by atoms with E-state index in [9.17, 15) is 0 Å². The smallest absolute Gasteiger partial charge is 0.00729 e. The number of rotatable bonds is 10. The molecule has 0 saturated carbocycles. The van der Waals surface area contributed by atoms with E-state index in [2.05, 4.69) is 53.3 Å². The molecule has 0 aliphatic heterocycles. The fourth-order valence-corrected chi connectivity index (χ4v) is 4.42. The normalized spacial score (nSPS) is 18.7. The molecule has 0 aromatic carbocycles. The van der Waals surface area contributed by atoms with Crippen molar-refractivity contribution in [3.63, 3.8) is 0 Å². The van der Waals surface area contributed by atoms with Crippen LogP contribution in [0.25, 0.3) is 0 Å². The average molecular weight is 259 g/mol. The predicted octanol–water partition coefficient (Wildman–Crippen LogP) is 6.15. The Bertz CT molecular complexity index is 149. The monoisotopic (exact) mass is 258 g/mol. The molecule has 104 valence electrons. The first-order chi connectivity index (χ1) is 8.10. The van der Waals surface area contributed by atoms with Crippen LogP contribution in [0.3, 0.4) is 0 Å². The summed E-state index contributed by atoms with van der Waals surface area (Å²) in [5, 5.41) is 1.75. The Morgan fingerprint density at radius 3 is 1.29 bits per heavy atom. The zero-order valence-corrected chi connectivity index (χ0v) is 13.8. The van der Waals surface area contributed by atoms with Crippen LogP contribution >= 0.6 is 11.8 Å². The van der Waals surface area contributed by atoms with Crippen LogP contribution in [0.15, 0.2) is 0 Å². The maximum Gasteiger partial charge on any atom is 0.00729 e. The van der Waals surface area contributed by atoms with Crippen molar-refractivity contribution >= 4 is 11.8 Å². The van der Waals surface area contributed by atoms with E-state index in [0.717, 1.165) is 22.3 Å². The molecule has 0 aliphatic rings. The summed E-state index contributed by atoms with van der Waals surface area (Å²) in [6, 6.07) is 0. The van der Waals surface area contributed by atoms with Gasteiger partial charge in [0.2, 0.25) is 0 Å². The number of thioether (sulfide) groups is 1. The van der Waals surface area contributed by atoms with Crippen LogP contribution < -0.4 is 0 Å². The molecule has 0 amide bonds. The van der Waals surface area contributed by atoms with Gasteiger partial charge in [0.15, 0.2) is 0 Å². The van der Waals surface area contributed by atoms with Crippen molar-refractivity contribution in [3.8, 4) is 0 Å². The third kappa shape index (κ3) is 6.74. The van der Waals surface area contributed by atoms with Crippen LogP contribution in [-0.4, -0.2) is 10.5 Å². The second-order valence-electron chi connectivity index (χ2n) is 5.56. The van der Waals surface area contributed by atoms with E-state index in [1.165, 1.54) is 38.5 Å². The third-order valence-corrected chi connectivity index (χ3v) is 6.21. The van der Waals surface area contributed by atoms with Gasteiger partial charge in [-0.3, -0.25) is 0 Å². The highest BCUT2D eigenvalue weighted by atomic mass is 32.2. The molecule has 0 radical (unpaired) electrons. The molecule has 4 atom stereocenters. The first-order valence-electron chi connectivity index (χ1n) is 7.75. The maximum absolute atomic E-state index is 2.45. The zero-order chi connectivity index (χ0) is 13.3. The average Bonchev–Trinajstić information content (AvgIpc) is 2.31. The van der Waals surface area contributed by atoms with E-state index in [1.54, 1.807) is 0 Å². The van der Waals surface area contributed by atoms with Crippen molar-refractivity contribution in [3.05, 3.63) is 0 Å². The molecule has 17 heavy (non-hydrogen) atoms. The molecule has 0 saturated heterocycles. The Hall–Kier alpha value is 0.350. The molecule has 1 heteroatoms. The summed E-state index contributed by atoms with van der Waals surface area (Å²) in [5.41, 5.74) is 0. The van der Waals surface area contributed by atoms with Crippen LogP contribution in [0.5, 0.6) is 0 Å². The fraction of sp³-hybridized carbons (Fsp3) is 1.00. The Morgan fingerprint density at radius 2 is 1.06 bits per heavy atom. The fourth-order valence-electron chi connectivity index (χ4n) is 2.77. The molecule has 0 N–H and O–H groups in total. The summed E-state index contributed by atoms with van der Waals surface area (Å²) in [6.07, 6.45) is 8.12. The van der Waals surface area contributed by atoms with Gasteiger partial charge in [0.05, 0.1) is 0 Å². The minimum atomic E-state index is 0.874. The SMILES string of the molecule is CCCC(C)C(CC)SC(CC)C(C)CCC. The summed E-state index contributed by atoms with van der Waals surface area (Å²) in [7, 11) is 0. The van der Waals surface area contributed by atoms with E-state index in [4.69, 9.17) is 0 Å². The predicted molar refractivity (Wildman–Crippen MR) is 83.9 cm³/mol. The van der Waals surface area contributed by atoms with Crippen molar-refractivity contribution in [2.75, 3.05) is 0 Å². The molecule has 0 aromatic rings. The number of hydrogen-bond acceptors (Lipinski definition) is 1. The Labute approximate surface area is 114 Å². The first-order valence-corrected chi connectivity index (χ1v) is 8.70. The van der Waals surface area contributed by atoms with E-state index < -0.39 is 0 Å². The lowest BCUT2D eigenvalue weighted by Crippen LogP contribution is -2.22. The van der Waals surface area contributed by atoms with Gasteiger partial charge >= 0.3 is 0 Å². The van der Waals surface area contributed by atoms with E-state index in [0.29, 0.717) is 0 Å². The molecule has 0 heterocycles. The zero-order valence-electron chi connectivity index (χ0n) is 13.0. The molecule has 0 rings (SSSR count). The van der Waals surface area contributed by atoms with E-state index in [1.807, 2.05) is 0 Å². The van der Waals surface area contributed by atoms with Crippen molar-refractivity contribution in [1.82, 2.24) is 0 Å². The quantitative estimate of drug-likeness (QED) is 0.453. The lowest BCUT2D eigenvalue weighted by Gasteiger charge is -2.30. The van der Waals surface area contributed by atoms with Gasteiger partial charge in [-0.2, -0.15) is 11.8 Å². The minimum Gasteiger partial charge on any atom is -0.155 e.